The lowest BCUT2D eigenvalue weighted by Crippen LogP contribution is -2.48. The zero-order valence-corrected chi connectivity index (χ0v) is 15.2. The van der Waals surface area contributed by atoms with Crippen molar-refractivity contribution in [3.05, 3.63) is 0 Å². The Kier molecular flexibility index (Phi) is 4.47. The largest absolute Gasteiger partial charge is 0.413 e. The molecule has 1 spiro atoms. The minimum Gasteiger partial charge on any atom is -0.413 e. The molecule has 19 heavy (non-hydrogen) atoms. The molecule has 1 heterocycles. The van der Waals surface area contributed by atoms with Gasteiger partial charge in [-0.3, -0.25) is 0 Å². The molecule has 0 aromatic heterocycles. The van der Waals surface area contributed by atoms with Crippen LogP contribution in [0.5, 0.6) is 0 Å². The van der Waals surface area contributed by atoms with Crippen LogP contribution in [0.1, 0.15) is 52.9 Å². The maximum atomic E-state index is 6.76. The third-order valence-electron chi connectivity index (χ3n) is 5.33. The van der Waals surface area contributed by atoms with Gasteiger partial charge in [0.25, 0.3) is 0 Å². The number of ether oxygens (including phenoxy) is 1. The highest BCUT2D eigenvalue weighted by molar-refractivity contribution is 8.01. The van der Waals surface area contributed by atoms with Gasteiger partial charge < -0.3 is 9.16 Å². The van der Waals surface area contributed by atoms with Crippen molar-refractivity contribution < 1.29 is 9.16 Å². The van der Waals surface area contributed by atoms with Crippen LogP contribution in [0, 0.1) is 0 Å². The van der Waals surface area contributed by atoms with Gasteiger partial charge in [0.05, 0.1) is 6.10 Å². The first kappa shape index (κ1) is 15.9. The highest BCUT2D eigenvalue weighted by Gasteiger charge is 2.52. The van der Waals surface area contributed by atoms with E-state index in [0.29, 0.717) is 21.3 Å². The van der Waals surface area contributed by atoms with Gasteiger partial charge >= 0.3 is 0 Å². The second-order valence-electron chi connectivity index (χ2n) is 7.65. The van der Waals surface area contributed by atoms with Crippen molar-refractivity contribution in [3.63, 3.8) is 0 Å². The first-order chi connectivity index (χ1) is 8.70. The van der Waals surface area contributed by atoms with E-state index in [9.17, 15) is 0 Å². The summed E-state index contributed by atoms with van der Waals surface area (Å²) < 4.78 is 12.7. The van der Waals surface area contributed by atoms with E-state index in [1.165, 1.54) is 32.1 Å². The lowest BCUT2D eigenvalue weighted by Gasteiger charge is -2.42. The molecule has 0 aromatic rings. The van der Waals surface area contributed by atoms with Crippen LogP contribution >= 0.6 is 11.8 Å². The van der Waals surface area contributed by atoms with Gasteiger partial charge in [0.2, 0.25) is 0 Å². The fourth-order valence-corrected chi connectivity index (χ4v) is 6.20. The van der Waals surface area contributed by atoms with Gasteiger partial charge in [-0.1, -0.05) is 20.8 Å². The summed E-state index contributed by atoms with van der Waals surface area (Å²) in [6, 6.07) is 0. The number of hydrogen-bond donors (Lipinski definition) is 0. The Morgan fingerprint density at radius 3 is 2.37 bits per heavy atom. The van der Waals surface area contributed by atoms with Crippen molar-refractivity contribution in [2.24, 2.45) is 0 Å². The normalized spacial score (nSPS) is 36.3. The Bertz CT molecular complexity index is 327. The summed E-state index contributed by atoms with van der Waals surface area (Å²) in [5.41, 5.74) is 0.392. The van der Waals surface area contributed by atoms with Crippen molar-refractivity contribution in [2.45, 2.75) is 87.3 Å². The summed E-state index contributed by atoms with van der Waals surface area (Å²) in [7, 11) is 0.193. The quantitative estimate of drug-likeness (QED) is 0.698. The van der Waals surface area contributed by atoms with E-state index in [2.05, 4.69) is 45.6 Å². The molecule has 4 heteroatoms. The van der Waals surface area contributed by atoms with E-state index in [0.717, 1.165) is 0 Å². The molecule has 1 aliphatic heterocycles. The molecule has 0 aromatic carbocycles. The van der Waals surface area contributed by atoms with Crippen molar-refractivity contribution in [2.75, 3.05) is 7.11 Å². The Morgan fingerprint density at radius 1 is 1.16 bits per heavy atom. The van der Waals surface area contributed by atoms with E-state index in [4.69, 9.17) is 9.16 Å². The van der Waals surface area contributed by atoms with Gasteiger partial charge in [0, 0.05) is 11.9 Å². The SMILES string of the molecule is CO[C@H]1CC[C@]2(CCC[C@@H]2O[Si](C)(C)C(C)(C)C)S1. The van der Waals surface area contributed by atoms with Crippen molar-refractivity contribution in [1.29, 1.82) is 0 Å². The van der Waals surface area contributed by atoms with Gasteiger partial charge in [-0.15, -0.1) is 11.8 Å². The Hall–Kier alpha value is 0.487. The highest BCUT2D eigenvalue weighted by Crippen LogP contribution is 2.55. The van der Waals surface area contributed by atoms with Crippen molar-refractivity contribution >= 4 is 20.1 Å². The molecule has 1 aliphatic carbocycles. The lowest BCUT2D eigenvalue weighted by atomic mass is 9.99. The predicted octanol–water partition coefficient (Wildman–Crippen LogP) is 4.80. The molecule has 0 bridgehead atoms. The van der Waals surface area contributed by atoms with Gasteiger partial charge in [-0.25, -0.2) is 0 Å². The molecule has 2 rings (SSSR count). The number of rotatable bonds is 3. The maximum Gasteiger partial charge on any atom is 0.192 e. The summed E-state index contributed by atoms with van der Waals surface area (Å²) in [4.78, 5) is 0. The maximum absolute atomic E-state index is 6.76. The van der Waals surface area contributed by atoms with Crippen LogP contribution in [0.25, 0.3) is 0 Å². The third kappa shape index (κ3) is 3.07. The summed E-state index contributed by atoms with van der Waals surface area (Å²) in [5.74, 6) is 0. The minimum atomic E-state index is -1.65. The Morgan fingerprint density at radius 2 is 1.84 bits per heavy atom. The fraction of sp³-hybridized carbons (Fsp3) is 1.00. The minimum absolute atomic E-state index is 0.306. The van der Waals surface area contributed by atoms with Crippen LogP contribution < -0.4 is 0 Å². The second-order valence-corrected chi connectivity index (χ2v) is 14.0. The molecule has 0 amide bonds. The van der Waals surface area contributed by atoms with Crippen LogP contribution in [-0.2, 0) is 9.16 Å². The van der Waals surface area contributed by atoms with Gasteiger partial charge in [-0.2, -0.15) is 0 Å². The van der Waals surface area contributed by atoms with Crippen LogP contribution in [0.4, 0.5) is 0 Å². The van der Waals surface area contributed by atoms with E-state index in [1.54, 1.807) is 0 Å². The summed E-state index contributed by atoms with van der Waals surface area (Å²) in [5, 5.41) is 0.306. The zero-order chi connectivity index (χ0) is 14.3. The topological polar surface area (TPSA) is 18.5 Å². The smallest absolute Gasteiger partial charge is 0.192 e. The van der Waals surface area contributed by atoms with Gasteiger partial charge in [0.15, 0.2) is 8.32 Å². The lowest BCUT2D eigenvalue weighted by molar-refractivity contribution is 0.150. The van der Waals surface area contributed by atoms with Gasteiger partial charge in [0.1, 0.15) is 5.44 Å². The molecule has 2 aliphatic rings. The summed E-state index contributed by atoms with van der Waals surface area (Å²) in [6.07, 6.45) is 6.81. The van der Waals surface area contributed by atoms with Crippen LogP contribution in [0.15, 0.2) is 0 Å². The molecule has 0 unspecified atom stereocenters. The Labute approximate surface area is 124 Å². The number of thioether (sulfide) groups is 1. The second kappa shape index (κ2) is 5.36. The zero-order valence-electron chi connectivity index (χ0n) is 13.4. The molecule has 0 N–H and O–H groups in total. The van der Waals surface area contributed by atoms with Crippen LogP contribution in [0.3, 0.4) is 0 Å². The number of methoxy groups -OCH3 is 1. The molecular formula is C15H30O2SSi. The summed E-state index contributed by atoms with van der Waals surface area (Å²) in [6.45, 7) is 11.8. The monoisotopic (exact) mass is 302 g/mol. The van der Waals surface area contributed by atoms with E-state index < -0.39 is 8.32 Å². The van der Waals surface area contributed by atoms with Crippen molar-refractivity contribution in [1.82, 2.24) is 0 Å². The molecule has 1 saturated carbocycles. The first-order valence-corrected chi connectivity index (χ1v) is 11.4. The van der Waals surface area contributed by atoms with E-state index in [1.807, 2.05) is 7.11 Å². The molecule has 3 atom stereocenters. The summed E-state index contributed by atoms with van der Waals surface area (Å²) >= 11 is 2.06. The van der Waals surface area contributed by atoms with Crippen LogP contribution in [0.2, 0.25) is 18.1 Å². The predicted molar refractivity (Wildman–Crippen MR) is 86.3 cm³/mol. The Balaban J connectivity index is 2.08. The van der Waals surface area contributed by atoms with Gasteiger partial charge in [-0.05, 0) is 50.2 Å². The fourth-order valence-electron chi connectivity index (χ4n) is 3.04. The first-order valence-electron chi connectivity index (χ1n) is 7.59. The molecule has 112 valence electrons. The molecular weight excluding hydrogens is 272 g/mol. The van der Waals surface area contributed by atoms with Crippen LogP contribution in [-0.4, -0.2) is 31.7 Å². The third-order valence-corrected chi connectivity index (χ3v) is 11.6. The van der Waals surface area contributed by atoms with E-state index in [-0.39, 0.29) is 0 Å². The molecule has 2 nitrogen and oxygen atoms in total. The number of hydrogen-bond acceptors (Lipinski definition) is 3. The average molecular weight is 303 g/mol. The highest BCUT2D eigenvalue weighted by atomic mass is 32.2. The van der Waals surface area contributed by atoms with Crippen molar-refractivity contribution in [3.8, 4) is 0 Å². The molecule has 1 saturated heterocycles. The molecule has 0 radical (unpaired) electrons. The standard InChI is InChI=1S/C15H30O2SSi/c1-14(2,3)19(5,6)17-12-8-7-10-15(12)11-9-13(16-4)18-15/h12-13H,7-11H2,1-6H3/t12-,13+,15-/m0/s1. The van der Waals surface area contributed by atoms with E-state index >= 15 is 0 Å². The molecule has 2 fully saturated rings. The average Bonchev–Trinajstić information content (AvgIpc) is 2.86.